The number of aromatic nitrogens is 3. The Bertz CT molecular complexity index is 918. The van der Waals surface area contributed by atoms with Crippen LogP contribution in [0.2, 0.25) is 0 Å². The molecule has 1 N–H and O–H groups in total. The minimum absolute atomic E-state index is 0.168. The topological polar surface area (TPSA) is 87.4 Å². The summed E-state index contributed by atoms with van der Waals surface area (Å²) in [5.41, 5.74) is 4.25. The van der Waals surface area contributed by atoms with Crippen LogP contribution in [-0.2, 0) is 6.54 Å². The molecule has 1 aliphatic carbocycles. The van der Waals surface area contributed by atoms with Crippen LogP contribution < -0.4 is 10.2 Å². The number of hydrogen-bond donors (Lipinski definition) is 1. The second-order valence-electron chi connectivity index (χ2n) is 8.47. The predicted molar refractivity (Wildman–Crippen MR) is 110 cm³/mol. The van der Waals surface area contributed by atoms with Crippen LogP contribution in [0.4, 0.5) is 5.82 Å². The number of aryl methyl sites for hydroxylation is 2. The molecule has 1 aliphatic heterocycles. The van der Waals surface area contributed by atoms with E-state index in [9.17, 15) is 4.79 Å². The summed E-state index contributed by atoms with van der Waals surface area (Å²) < 4.78 is 5.43. The quantitative estimate of drug-likeness (QED) is 0.799. The molecule has 4 rings (SSSR count). The van der Waals surface area contributed by atoms with Crippen molar-refractivity contribution >= 4 is 11.7 Å². The number of hydrogen-bond acceptors (Lipinski definition) is 7. The van der Waals surface area contributed by atoms with Crippen LogP contribution in [0.3, 0.4) is 0 Å². The van der Waals surface area contributed by atoms with E-state index in [0.29, 0.717) is 12.0 Å². The highest BCUT2D eigenvalue weighted by atomic mass is 16.5. The average Bonchev–Trinajstić information content (AvgIpc) is 3.31. The van der Waals surface area contributed by atoms with E-state index in [1.165, 1.54) is 23.3 Å². The molecule has 1 amide bonds. The van der Waals surface area contributed by atoms with E-state index < -0.39 is 0 Å². The molecule has 156 valence electrons. The summed E-state index contributed by atoms with van der Waals surface area (Å²) in [5.74, 6) is 2.47. The van der Waals surface area contributed by atoms with Gasteiger partial charge in [0.25, 0.3) is 5.91 Å². The maximum absolute atomic E-state index is 12.4. The van der Waals surface area contributed by atoms with Crippen molar-refractivity contribution in [2.75, 3.05) is 32.1 Å². The van der Waals surface area contributed by atoms with E-state index in [1.807, 2.05) is 20.8 Å². The highest BCUT2D eigenvalue weighted by Gasteiger charge is 2.32. The second-order valence-corrected chi connectivity index (χ2v) is 8.47. The van der Waals surface area contributed by atoms with Gasteiger partial charge in [0.15, 0.2) is 0 Å². The van der Waals surface area contributed by atoms with Gasteiger partial charge in [-0.15, -0.1) is 0 Å². The molecule has 2 fully saturated rings. The number of nitrogens with zero attached hydrogens (tertiary/aromatic N) is 5. The van der Waals surface area contributed by atoms with Crippen molar-refractivity contribution < 1.29 is 9.32 Å². The first-order valence-corrected chi connectivity index (χ1v) is 10.4. The summed E-state index contributed by atoms with van der Waals surface area (Å²) in [5, 5.41) is 7.95. The van der Waals surface area contributed by atoms with E-state index >= 15 is 0 Å². The van der Waals surface area contributed by atoms with Crippen molar-refractivity contribution in [2.24, 2.45) is 0 Å². The van der Waals surface area contributed by atoms with Gasteiger partial charge in [-0.1, -0.05) is 5.16 Å². The number of nitrogens with one attached hydrogen (secondary N) is 1. The molecule has 3 heterocycles. The molecule has 1 atom stereocenters. The molecule has 2 aromatic heterocycles. The maximum atomic E-state index is 12.4. The lowest BCUT2D eigenvalue weighted by atomic mass is 10.1. The lowest BCUT2D eigenvalue weighted by Gasteiger charge is -2.22. The summed E-state index contributed by atoms with van der Waals surface area (Å²) in [4.78, 5) is 25.1. The molecule has 2 aliphatic rings. The van der Waals surface area contributed by atoms with E-state index in [-0.39, 0.29) is 11.7 Å². The van der Waals surface area contributed by atoms with Gasteiger partial charge in [0.1, 0.15) is 11.6 Å². The SMILES string of the molecule is Cc1nc(C(=O)N(C)C)nc(N2CC[C@@H](NCc3c(C4CC4)noc3C)C2)c1C. The van der Waals surface area contributed by atoms with E-state index in [0.717, 1.165) is 54.6 Å². The van der Waals surface area contributed by atoms with Gasteiger partial charge >= 0.3 is 0 Å². The first-order valence-electron chi connectivity index (χ1n) is 10.4. The Morgan fingerprint density at radius 2 is 1.97 bits per heavy atom. The summed E-state index contributed by atoms with van der Waals surface area (Å²) in [6.45, 7) is 8.50. The number of anilines is 1. The van der Waals surface area contributed by atoms with Crippen LogP contribution in [0.25, 0.3) is 0 Å². The summed E-state index contributed by atoms with van der Waals surface area (Å²) in [6, 6.07) is 0.360. The Morgan fingerprint density at radius 3 is 2.66 bits per heavy atom. The second kappa shape index (κ2) is 7.74. The molecule has 1 saturated carbocycles. The fourth-order valence-electron chi connectivity index (χ4n) is 3.88. The van der Waals surface area contributed by atoms with Gasteiger partial charge in [0, 0.05) is 62.5 Å². The van der Waals surface area contributed by atoms with E-state index in [4.69, 9.17) is 4.52 Å². The minimum Gasteiger partial charge on any atom is -0.361 e. The Labute approximate surface area is 171 Å². The molecule has 8 nitrogen and oxygen atoms in total. The molecule has 8 heteroatoms. The molecular formula is C21H30N6O2. The van der Waals surface area contributed by atoms with Crippen LogP contribution in [0.15, 0.2) is 4.52 Å². The van der Waals surface area contributed by atoms with E-state index in [1.54, 1.807) is 14.1 Å². The predicted octanol–water partition coefficient (Wildman–Crippen LogP) is 2.34. The summed E-state index contributed by atoms with van der Waals surface area (Å²) >= 11 is 0. The standard InChI is InChI=1S/C21H30N6O2/c1-12-13(2)23-19(21(28)26(4)5)24-20(12)27-9-8-16(11-27)22-10-17-14(3)29-25-18(17)15-6-7-15/h15-16,22H,6-11H2,1-5H3/t16-/m1/s1. The third kappa shape index (κ3) is 3.99. The monoisotopic (exact) mass is 398 g/mol. The number of amides is 1. The van der Waals surface area contributed by atoms with Crippen LogP contribution in [-0.4, -0.2) is 59.2 Å². The molecule has 0 unspecified atom stereocenters. The van der Waals surface area contributed by atoms with Crippen LogP contribution in [0.1, 0.15) is 64.1 Å². The zero-order chi connectivity index (χ0) is 20.7. The van der Waals surface area contributed by atoms with Gasteiger partial charge in [0.2, 0.25) is 5.82 Å². The molecule has 2 aromatic rings. The first-order chi connectivity index (χ1) is 13.8. The number of carbonyl (C=O) groups is 1. The minimum atomic E-state index is -0.168. The number of carbonyl (C=O) groups excluding carboxylic acids is 1. The molecule has 0 bridgehead atoms. The van der Waals surface area contributed by atoms with Crippen molar-refractivity contribution in [3.8, 4) is 0 Å². The van der Waals surface area contributed by atoms with Gasteiger partial charge < -0.3 is 19.6 Å². The fourth-order valence-corrected chi connectivity index (χ4v) is 3.88. The largest absolute Gasteiger partial charge is 0.361 e. The Hall–Kier alpha value is -2.48. The zero-order valence-electron chi connectivity index (χ0n) is 17.9. The maximum Gasteiger partial charge on any atom is 0.291 e. The van der Waals surface area contributed by atoms with Gasteiger partial charge in [-0.25, -0.2) is 9.97 Å². The smallest absolute Gasteiger partial charge is 0.291 e. The molecular weight excluding hydrogens is 368 g/mol. The van der Waals surface area contributed by atoms with Crippen LogP contribution in [0.5, 0.6) is 0 Å². The van der Waals surface area contributed by atoms with Crippen molar-refractivity contribution in [1.29, 1.82) is 0 Å². The van der Waals surface area contributed by atoms with Gasteiger partial charge in [-0.2, -0.15) is 0 Å². The molecule has 0 radical (unpaired) electrons. The third-order valence-corrected chi connectivity index (χ3v) is 6.00. The Balaban J connectivity index is 1.45. The summed E-state index contributed by atoms with van der Waals surface area (Å²) in [7, 11) is 3.44. The van der Waals surface area contributed by atoms with Gasteiger partial charge in [0.05, 0.1) is 5.69 Å². The zero-order valence-corrected chi connectivity index (χ0v) is 17.9. The molecule has 1 saturated heterocycles. The van der Waals surface area contributed by atoms with Crippen molar-refractivity contribution in [1.82, 2.24) is 25.3 Å². The molecule has 29 heavy (non-hydrogen) atoms. The first kappa shape index (κ1) is 19.8. The highest BCUT2D eigenvalue weighted by Crippen LogP contribution is 2.41. The fraction of sp³-hybridized carbons (Fsp3) is 0.619. The van der Waals surface area contributed by atoms with Gasteiger partial charge in [-0.3, -0.25) is 4.79 Å². The summed E-state index contributed by atoms with van der Waals surface area (Å²) in [6.07, 6.45) is 3.47. The highest BCUT2D eigenvalue weighted by molar-refractivity contribution is 5.90. The lowest BCUT2D eigenvalue weighted by molar-refractivity contribution is 0.0815. The van der Waals surface area contributed by atoms with Crippen molar-refractivity contribution in [3.63, 3.8) is 0 Å². The Kier molecular flexibility index (Phi) is 5.29. The van der Waals surface area contributed by atoms with E-state index in [2.05, 4.69) is 25.3 Å². The normalized spacial score (nSPS) is 19.1. The Morgan fingerprint density at radius 1 is 1.21 bits per heavy atom. The van der Waals surface area contributed by atoms with Crippen LogP contribution >= 0.6 is 0 Å². The van der Waals surface area contributed by atoms with Crippen LogP contribution in [0, 0.1) is 20.8 Å². The molecule has 0 spiro atoms. The van der Waals surface area contributed by atoms with Crippen molar-refractivity contribution in [2.45, 2.75) is 58.5 Å². The third-order valence-electron chi connectivity index (χ3n) is 6.00. The lowest BCUT2D eigenvalue weighted by Crippen LogP contribution is -2.33. The van der Waals surface area contributed by atoms with Crippen molar-refractivity contribution in [3.05, 3.63) is 34.1 Å². The van der Waals surface area contributed by atoms with Gasteiger partial charge in [-0.05, 0) is 40.0 Å². The average molecular weight is 399 g/mol. The molecule has 0 aromatic carbocycles. The number of rotatable bonds is 6.